The molecule has 5 rings (SSSR count). The number of fused-ring (bicyclic) bond motifs is 1. The van der Waals surface area contributed by atoms with Crippen molar-refractivity contribution >= 4 is 11.6 Å². The number of carbonyl (C=O) groups is 1. The van der Waals surface area contributed by atoms with Gasteiger partial charge in [-0.05, 0) is 55.8 Å². The smallest absolute Gasteiger partial charge is 0.257 e. The maximum absolute atomic E-state index is 13.4. The lowest BCUT2D eigenvalue weighted by Crippen LogP contribution is -2.40. The summed E-state index contributed by atoms with van der Waals surface area (Å²) in [6.07, 6.45) is 4.08. The number of carbonyl (C=O) groups excluding carboxylic acids is 1. The molecule has 3 aliphatic rings. The van der Waals surface area contributed by atoms with Crippen molar-refractivity contribution in [1.29, 1.82) is 0 Å². The highest BCUT2D eigenvalue weighted by molar-refractivity contribution is 6.05. The van der Waals surface area contributed by atoms with E-state index in [-0.39, 0.29) is 18.7 Å². The van der Waals surface area contributed by atoms with Crippen LogP contribution in [0.25, 0.3) is 0 Å². The Morgan fingerprint density at radius 1 is 1.03 bits per heavy atom. The Morgan fingerprint density at radius 2 is 1.85 bits per heavy atom. The van der Waals surface area contributed by atoms with Crippen molar-refractivity contribution < 1.29 is 23.7 Å². The SMILES string of the molecule is COc1ccc(C2=NN(C(=O)CN3CCCCC3)C(c3ccc4c(c3)OCO4)C2)c(OC)c1. The van der Waals surface area contributed by atoms with Gasteiger partial charge in [-0.2, -0.15) is 5.10 Å². The highest BCUT2D eigenvalue weighted by Gasteiger charge is 2.35. The molecule has 174 valence electrons. The molecule has 1 unspecified atom stereocenters. The molecule has 8 nitrogen and oxygen atoms in total. The Balaban J connectivity index is 1.47. The zero-order chi connectivity index (χ0) is 22.8. The van der Waals surface area contributed by atoms with Gasteiger partial charge in [0.05, 0.1) is 32.5 Å². The van der Waals surface area contributed by atoms with Gasteiger partial charge in [-0.25, -0.2) is 5.01 Å². The van der Waals surface area contributed by atoms with Crippen LogP contribution in [-0.4, -0.2) is 62.2 Å². The van der Waals surface area contributed by atoms with E-state index in [0.717, 1.165) is 48.5 Å². The summed E-state index contributed by atoms with van der Waals surface area (Å²) in [7, 11) is 3.25. The number of benzene rings is 2. The molecule has 0 saturated carbocycles. The van der Waals surface area contributed by atoms with E-state index in [2.05, 4.69) is 4.90 Å². The van der Waals surface area contributed by atoms with Gasteiger partial charge in [0, 0.05) is 18.1 Å². The van der Waals surface area contributed by atoms with Gasteiger partial charge >= 0.3 is 0 Å². The number of nitrogens with zero attached hydrogens (tertiary/aromatic N) is 3. The van der Waals surface area contributed by atoms with Crippen LogP contribution in [0.15, 0.2) is 41.5 Å². The maximum atomic E-state index is 13.4. The lowest BCUT2D eigenvalue weighted by Gasteiger charge is -2.29. The lowest BCUT2D eigenvalue weighted by atomic mass is 9.97. The normalized spacial score (nSPS) is 20.0. The summed E-state index contributed by atoms with van der Waals surface area (Å²) in [5.41, 5.74) is 2.64. The van der Waals surface area contributed by atoms with E-state index in [1.165, 1.54) is 6.42 Å². The zero-order valence-electron chi connectivity index (χ0n) is 19.1. The minimum atomic E-state index is -0.224. The van der Waals surface area contributed by atoms with Crippen molar-refractivity contribution in [1.82, 2.24) is 9.91 Å². The van der Waals surface area contributed by atoms with Gasteiger partial charge in [0.1, 0.15) is 11.5 Å². The summed E-state index contributed by atoms with van der Waals surface area (Å²) < 4.78 is 22.0. The van der Waals surface area contributed by atoms with Gasteiger partial charge in [-0.1, -0.05) is 12.5 Å². The lowest BCUT2D eigenvalue weighted by molar-refractivity contribution is -0.134. The van der Waals surface area contributed by atoms with Crippen LogP contribution in [0, 0.1) is 0 Å². The molecule has 33 heavy (non-hydrogen) atoms. The molecule has 3 aliphatic heterocycles. The van der Waals surface area contributed by atoms with Crippen LogP contribution in [0.5, 0.6) is 23.0 Å². The minimum Gasteiger partial charge on any atom is -0.497 e. The molecular weight excluding hydrogens is 422 g/mol. The van der Waals surface area contributed by atoms with Gasteiger partial charge in [0.25, 0.3) is 5.91 Å². The molecule has 0 aromatic heterocycles. The van der Waals surface area contributed by atoms with E-state index in [4.69, 9.17) is 24.0 Å². The van der Waals surface area contributed by atoms with Crippen LogP contribution < -0.4 is 18.9 Å². The highest BCUT2D eigenvalue weighted by Crippen LogP contribution is 2.40. The number of hydrogen-bond donors (Lipinski definition) is 0. The van der Waals surface area contributed by atoms with Gasteiger partial charge in [-0.3, -0.25) is 9.69 Å². The van der Waals surface area contributed by atoms with E-state index in [0.29, 0.717) is 30.2 Å². The predicted octanol–water partition coefficient (Wildman–Crippen LogP) is 3.60. The molecule has 1 amide bonds. The highest BCUT2D eigenvalue weighted by atomic mass is 16.7. The average Bonchev–Trinajstić information content (AvgIpc) is 3.51. The van der Waals surface area contributed by atoms with Crippen LogP contribution in [0.2, 0.25) is 0 Å². The molecule has 0 radical (unpaired) electrons. The first-order valence-corrected chi connectivity index (χ1v) is 11.4. The quantitative estimate of drug-likeness (QED) is 0.668. The van der Waals surface area contributed by atoms with Crippen molar-refractivity contribution in [3.8, 4) is 23.0 Å². The largest absolute Gasteiger partial charge is 0.497 e. The zero-order valence-corrected chi connectivity index (χ0v) is 19.1. The molecule has 2 aromatic rings. The third kappa shape index (κ3) is 4.35. The summed E-state index contributed by atoms with van der Waals surface area (Å²) in [5.74, 6) is 2.80. The van der Waals surface area contributed by atoms with Crippen molar-refractivity contribution in [3.63, 3.8) is 0 Å². The van der Waals surface area contributed by atoms with Crippen LogP contribution in [0.3, 0.4) is 0 Å². The number of piperidine rings is 1. The Labute approximate surface area is 193 Å². The number of methoxy groups -OCH3 is 2. The number of likely N-dealkylation sites (tertiary alicyclic amines) is 1. The fraction of sp³-hybridized carbons (Fsp3) is 0.440. The molecule has 0 aliphatic carbocycles. The summed E-state index contributed by atoms with van der Waals surface area (Å²) in [4.78, 5) is 15.7. The number of amides is 1. The third-order valence-electron chi connectivity index (χ3n) is 6.47. The molecule has 0 N–H and O–H groups in total. The fourth-order valence-corrected chi connectivity index (χ4v) is 4.70. The van der Waals surface area contributed by atoms with Gasteiger partial charge in [-0.15, -0.1) is 0 Å². The number of ether oxygens (including phenoxy) is 4. The summed E-state index contributed by atoms with van der Waals surface area (Å²) in [6.45, 7) is 2.50. The van der Waals surface area contributed by atoms with Crippen molar-refractivity contribution in [2.45, 2.75) is 31.7 Å². The van der Waals surface area contributed by atoms with E-state index in [1.54, 1.807) is 19.2 Å². The molecule has 3 heterocycles. The first kappa shape index (κ1) is 21.6. The number of hydrogen-bond acceptors (Lipinski definition) is 7. The second kappa shape index (κ2) is 9.31. The molecule has 1 fully saturated rings. The van der Waals surface area contributed by atoms with Crippen LogP contribution >= 0.6 is 0 Å². The van der Waals surface area contributed by atoms with E-state index in [1.807, 2.05) is 36.4 Å². The van der Waals surface area contributed by atoms with Crippen LogP contribution in [-0.2, 0) is 4.79 Å². The summed E-state index contributed by atoms with van der Waals surface area (Å²) in [6, 6.07) is 11.3. The minimum absolute atomic E-state index is 0.00189. The van der Waals surface area contributed by atoms with Gasteiger partial charge < -0.3 is 18.9 Å². The fourth-order valence-electron chi connectivity index (χ4n) is 4.70. The van der Waals surface area contributed by atoms with Crippen molar-refractivity contribution in [3.05, 3.63) is 47.5 Å². The Bertz CT molecular complexity index is 1060. The summed E-state index contributed by atoms with van der Waals surface area (Å²) >= 11 is 0. The second-order valence-corrected chi connectivity index (χ2v) is 8.52. The summed E-state index contributed by atoms with van der Waals surface area (Å²) in [5, 5.41) is 6.46. The standard InChI is InChI=1S/C25H29N3O5/c1-30-18-7-8-19(23(13-18)31-2)20-14-21(17-6-9-22-24(12-17)33-16-32-22)28(26-20)25(29)15-27-10-4-3-5-11-27/h6-9,12-13,21H,3-5,10-11,14-16H2,1-2H3. The van der Waals surface area contributed by atoms with E-state index in [9.17, 15) is 4.79 Å². The maximum Gasteiger partial charge on any atom is 0.257 e. The predicted molar refractivity (Wildman–Crippen MR) is 123 cm³/mol. The average molecular weight is 452 g/mol. The van der Waals surface area contributed by atoms with Crippen LogP contribution in [0.1, 0.15) is 42.9 Å². The van der Waals surface area contributed by atoms with Crippen LogP contribution in [0.4, 0.5) is 0 Å². The second-order valence-electron chi connectivity index (χ2n) is 8.52. The van der Waals surface area contributed by atoms with Gasteiger partial charge in [0.2, 0.25) is 6.79 Å². The Morgan fingerprint density at radius 3 is 2.64 bits per heavy atom. The van der Waals surface area contributed by atoms with E-state index < -0.39 is 0 Å². The third-order valence-corrected chi connectivity index (χ3v) is 6.47. The topological polar surface area (TPSA) is 72.8 Å². The molecule has 8 heteroatoms. The molecule has 0 bridgehead atoms. The van der Waals surface area contributed by atoms with Crippen molar-refractivity contribution in [2.75, 3.05) is 40.6 Å². The Kier molecular flexibility index (Phi) is 6.09. The van der Waals surface area contributed by atoms with E-state index >= 15 is 0 Å². The Hall–Kier alpha value is -3.26. The van der Waals surface area contributed by atoms with Crippen molar-refractivity contribution in [2.24, 2.45) is 5.10 Å². The number of hydrazone groups is 1. The molecule has 2 aromatic carbocycles. The van der Waals surface area contributed by atoms with Gasteiger partial charge in [0.15, 0.2) is 11.5 Å². The monoisotopic (exact) mass is 451 g/mol. The first-order valence-electron chi connectivity index (χ1n) is 11.4. The molecule has 1 saturated heterocycles. The first-order chi connectivity index (χ1) is 16.2. The molecular formula is C25H29N3O5. The molecule has 1 atom stereocenters. The molecule has 0 spiro atoms. The number of rotatable bonds is 6.